The van der Waals surface area contributed by atoms with Gasteiger partial charge in [-0.1, -0.05) is 0 Å². The number of benzene rings is 1. The lowest BCUT2D eigenvalue weighted by Crippen LogP contribution is -2.38. The number of morpholine rings is 1. The predicted octanol–water partition coefficient (Wildman–Crippen LogP) is 0.394. The van der Waals surface area contributed by atoms with Crippen molar-refractivity contribution in [2.75, 3.05) is 46.5 Å². The maximum atomic E-state index is 12.4. The zero-order valence-corrected chi connectivity index (χ0v) is 14.3. The van der Waals surface area contributed by atoms with E-state index in [2.05, 4.69) is 9.62 Å². The Balaban J connectivity index is 1.98. The molecule has 1 aliphatic rings. The second kappa shape index (κ2) is 8.43. The Kier molecular flexibility index (Phi) is 6.55. The van der Waals surface area contributed by atoms with Gasteiger partial charge in [0.05, 0.1) is 25.9 Å². The summed E-state index contributed by atoms with van der Waals surface area (Å²) in [5.41, 5.74) is -0.107. The van der Waals surface area contributed by atoms with Gasteiger partial charge in [-0.2, -0.15) is 0 Å². The molecule has 1 aliphatic heterocycles. The second-order valence-electron chi connectivity index (χ2n) is 5.38. The van der Waals surface area contributed by atoms with Gasteiger partial charge in [0.15, 0.2) is 0 Å². The standard InChI is InChI=1S/C15H22N2O6S/c1-22-13-4-3-12(15(18)19)11-14(13)24(20,21)16-5-2-6-17-7-9-23-10-8-17/h3-4,11,16H,2,5-10H2,1H3,(H,18,19). The second-order valence-corrected chi connectivity index (χ2v) is 7.11. The van der Waals surface area contributed by atoms with Crippen molar-refractivity contribution in [3.63, 3.8) is 0 Å². The van der Waals surface area contributed by atoms with E-state index in [0.29, 0.717) is 19.6 Å². The molecule has 0 atom stereocenters. The lowest BCUT2D eigenvalue weighted by molar-refractivity contribution is 0.0376. The summed E-state index contributed by atoms with van der Waals surface area (Å²) in [5, 5.41) is 9.03. The zero-order valence-electron chi connectivity index (χ0n) is 13.5. The van der Waals surface area contributed by atoms with Gasteiger partial charge in [0.2, 0.25) is 10.0 Å². The summed E-state index contributed by atoms with van der Waals surface area (Å²) in [6, 6.07) is 3.75. The Bertz CT molecular complexity index is 671. The average molecular weight is 358 g/mol. The third-order valence-electron chi connectivity index (χ3n) is 3.75. The number of rotatable bonds is 8. The van der Waals surface area contributed by atoms with Gasteiger partial charge in [0.1, 0.15) is 10.6 Å². The first kappa shape index (κ1) is 18.7. The van der Waals surface area contributed by atoms with Gasteiger partial charge in [-0.05, 0) is 31.2 Å². The Morgan fingerprint density at radius 3 is 2.71 bits per heavy atom. The number of sulfonamides is 1. The number of nitrogens with one attached hydrogen (secondary N) is 1. The molecule has 1 heterocycles. The highest BCUT2D eigenvalue weighted by Gasteiger charge is 2.21. The number of ether oxygens (including phenoxy) is 2. The number of hydrogen-bond donors (Lipinski definition) is 2. The van der Waals surface area contributed by atoms with E-state index in [1.807, 2.05) is 0 Å². The van der Waals surface area contributed by atoms with Crippen molar-refractivity contribution in [3.05, 3.63) is 23.8 Å². The van der Waals surface area contributed by atoms with Crippen molar-refractivity contribution < 1.29 is 27.8 Å². The van der Waals surface area contributed by atoms with Gasteiger partial charge in [0, 0.05) is 19.6 Å². The predicted molar refractivity (Wildman–Crippen MR) is 87.0 cm³/mol. The Morgan fingerprint density at radius 2 is 2.08 bits per heavy atom. The van der Waals surface area contributed by atoms with E-state index in [0.717, 1.165) is 25.7 Å². The summed E-state index contributed by atoms with van der Waals surface area (Å²) in [5.74, 6) is -1.08. The zero-order chi connectivity index (χ0) is 17.6. The minimum atomic E-state index is -3.84. The largest absolute Gasteiger partial charge is 0.495 e. The van der Waals surface area contributed by atoms with Crippen LogP contribution >= 0.6 is 0 Å². The molecule has 2 rings (SSSR count). The number of aromatic carboxylic acids is 1. The van der Waals surface area contributed by atoms with Crippen LogP contribution in [0.4, 0.5) is 0 Å². The molecule has 9 heteroatoms. The fourth-order valence-corrected chi connectivity index (χ4v) is 3.70. The summed E-state index contributed by atoms with van der Waals surface area (Å²) >= 11 is 0. The molecule has 1 fully saturated rings. The molecule has 0 unspecified atom stereocenters. The Hall–Kier alpha value is -1.68. The third kappa shape index (κ3) is 4.91. The van der Waals surface area contributed by atoms with Crippen molar-refractivity contribution >= 4 is 16.0 Å². The van der Waals surface area contributed by atoms with E-state index in [4.69, 9.17) is 14.6 Å². The van der Waals surface area contributed by atoms with Crippen molar-refractivity contribution in [3.8, 4) is 5.75 Å². The fraction of sp³-hybridized carbons (Fsp3) is 0.533. The minimum Gasteiger partial charge on any atom is -0.495 e. The summed E-state index contributed by atoms with van der Waals surface area (Å²) < 4.78 is 37.6. The van der Waals surface area contributed by atoms with E-state index in [9.17, 15) is 13.2 Å². The molecule has 24 heavy (non-hydrogen) atoms. The van der Waals surface area contributed by atoms with Crippen LogP contribution in [-0.2, 0) is 14.8 Å². The smallest absolute Gasteiger partial charge is 0.335 e. The van der Waals surface area contributed by atoms with Crippen molar-refractivity contribution in [1.82, 2.24) is 9.62 Å². The van der Waals surface area contributed by atoms with Crippen LogP contribution in [0.2, 0.25) is 0 Å². The van der Waals surface area contributed by atoms with Crippen LogP contribution in [-0.4, -0.2) is 70.9 Å². The first-order valence-corrected chi connectivity index (χ1v) is 9.13. The summed E-state index contributed by atoms with van der Waals surface area (Å²) in [6.07, 6.45) is 0.653. The number of methoxy groups -OCH3 is 1. The van der Waals surface area contributed by atoms with Crippen molar-refractivity contribution in [2.45, 2.75) is 11.3 Å². The van der Waals surface area contributed by atoms with Gasteiger partial charge in [0.25, 0.3) is 0 Å². The molecule has 1 aromatic carbocycles. The molecule has 1 saturated heterocycles. The van der Waals surface area contributed by atoms with Crippen molar-refractivity contribution in [1.29, 1.82) is 0 Å². The minimum absolute atomic E-state index is 0.107. The van der Waals surface area contributed by atoms with Crippen LogP contribution in [0.25, 0.3) is 0 Å². The number of carbonyl (C=O) groups is 1. The maximum absolute atomic E-state index is 12.4. The van der Waals surface area contributed by atoms with Gasteiger partial charge in [-0.15, -0.1) is 0 Å². The number of nitrogens with zero attached hydrogens (tertiary/aromatic N) is 1. The molecule has 8 nitrogen and oxygen atoms in total. The molecule has 0 bridgehead atoms. The lowest BCUT2D eigenvalue weighted by Gasteiger charge is -2.26. The van der Waals surface area contributed by atoms with Gasteiger partial charge < -0.3 is 14.6 Å². The lowest BCUT2D eigenvalue weighted by atomic mass is 10.2. The van der Waals surface area contributed by atoms with Crippen LogP contribution in [0.5, 0.6) is 5.75 Å². The summed E-state index contributed by atoms with van der Waals surface area (Å²) in [6.45, 7) is 4.14. The third-order valence-corrected chi connectivity index (χ3v) is 5.23. The van der Waals surface area contributed by atoms with Crippen LogP contribution in [0.1, 0.15) is 16.8 Å². The van der Waals surface area contributed by atoms with E-state index in [1.54, 1.807) is 0 Å². The number of carboxylic acids is 1. The van der Waals surface area contributed by atoms with E-state index >= 15 is 0 Å². The normalized spacial score (nSPS) is 16.0. The SMILES string of the molecule is COc1ccc(C(=O)O)cc1S(=O)(=O)NCCCN1CCOCC1. The molecule has 0 radical (unpaired) electrons. The summed E-state index contributed by atoms with van der Waals surface area (Å²) in [4.78, 5) is 13.1. The van der Waals surface area contributed by atoms with Crippen LogP contribution in [0, 0.1) is 0 Å². The number of carboxylic acid groups (broad SMARTS) is 1. The Morgan fingerprint density at radius 1 is 1.38 bits per heavy atom. The van der Waals surface area contributed by atoms with Gasteiger partial charge in [-0.25, -0.2) is 17.9 Å². The average Bonchev–Trinajstić information content (AvgIpc) is 2.59. The van der Waals surface area contributed by atoms with Gasteiger partial charge >= 0.3 is 5.97 Å². The highest BCUT2D eigenvalue weighted by Crippen LogP contribution is 2.24. The van der Waals surface area contributed by atoms with Crippen LogP contribution < -0.4 is 9.46 Å². The highest BCUT2D eigenvalue weighted by atomic mass is 32.2. The molecule has 0 saturated carbocycles. The molecule has 0 spiro atoms. The first-order valence-electron chi connectivity index (χ1n) is 7.65. The molecular weight excluding hydrogens is 336 g/mol. The molecule has 1 aromatic rings. The quantitative estimate of drug-likeness (QED) is 0.648. The van der Waals surface area contributed by atoms with Gasteiger partial charge in [-0.3, -0.25) is 4.90 Å². The molecule has 134 valence electrons. The van der Waals surface area contributed by atoms with Crippen LogP contribution in [0.3, 0.4) is 0 Å². The molecule has 2 N–H and O–H groups in total. The highest BCUT2D eigenvalue weighted by molar-refractivity contribution is 7.89. The van der Waals surface area contributed by atoms with E-state index in [1.165, 1.54) is 19.2 Å². The monoisotopic (exact) mass is 358 g/mol. The topological polar surface area (TPSA) is 105 Å². The number of hydrogen-bond acceptors (Lipinski definition) is 6. The van der Waals surface area contributed by atoms with E-state index < -0.39 is 16.0 Å². The van der Waals surface area contributed by atoms with Crippen LogP contribution in [0.15, 0.2) is 23.1 Å². The van der Waals surface area contributed by atoms with Crippen molar-refractivity contribution in [2.24, 2.45) is 0 Å². The maximum Gasteiger partial charge on any atom is 0.335 e. The molecule has 0 aromatic heterocycles. The first-order chi connectivity index (χ1) is 11.4. The molecular formula is C15H22N2O6S. The van der Waals surface area contributed by atoms with E-state index in [-0.39, 0.29) is 22.8 Å². The summed E-state index contributed by atoms with van der Waals surface area (Å²) in [7, 11) is -2.50. The Labute approximate surface area is 141 Å². The molecule has 0 aliphatic carbocycles. The fourth-order valence-electron chi connectivity index (χ4n) is 2.43. The molecule has 0 amide bonds.